The number of carbonyl (C=O) groups is 2. The van der Waals surface area contributed by atoms with E-state index in [1.807, 2.05) is 29.2 Å². The molecule has 2 amide bonds. The third kappa shape index (κ3) is 5.56. The van der Waals surface area contributed by atoms with Crippen LogP contribution >= 0.6 is 0 Å². The van der Waals surface area contributed by atoms with Crippen molar-refractivity contribution in [3.63, 3.8) is 0 Å². The molecule has 1 aliphatic rings. The summed E-state index contributed by atoms with van der Waals surface area (Å²) in [5.74, 6) is -0.0129. The van der Waals surface area contributed by atoms with Gasteiger partial charge in [-0.3, -0.25) is 9.59 Å². The lowest BCUT2D eigenvalue weighted by atomic mass is 10.1. The van der Waals surface area contributed by atoms with Crippen molar-refractivity contribution in [1.82, 2.24) is 4.90 Å². The molecule has 0 saturated heterocycles. The van der Waals surface area contributed by atoms with E-state index >= 15 is 0 Å². The van der Waals surface area contributed by atoms with Gasteiger partial charge in [0, 0.05) is 24.7 Å². The van der Waals surface area contributed by atoms with Crippen molar-refractivity contribution in [3.8, 4) is 0 Å². The Bertz CT molecular complexity index is 821. The van der Waals surface area contributed by atoms with E-state index in [0.717, 1.165) is 30.5 Å². The summed E-state index contributed by atoms with van der Waals surface area (Å²) >= 11 is 0. The van der Waals surface area contributed by atoms with Crippen LogP contribution in [0, 0.1) is 0 Å². The SMILES string of the molecule is C=CC(=O)Nc1ccc(CCC(=O)N(Cc2ccc(CC)cc2)C2CC2)cc1. The molecule has 0 aliphatic heterocycles. The molecule has 0 unspecified atom stereocenters. The molecule has 1 aliphatic carbocycles. The second-order valence-corrected chi connectivity index (χ2v) is 7.31. The number of nitrogens with one attached hydrogen (secondary N) is 1. The number of amides is 2. The molecule has 0 heterocycles. The highest BCUT2D eigenvalue weighted by molar-refractivity contribution is 5.98. The Hall–Kier alpha value is -2.88. The Kier molecular flexibility index (Phi) is 6.64. The Labute approximate surface area is 167 Å². The van der Waals surface area contributed by atoms with Gasteiger partial charge in [0.1, 0.15) is 0 Å². The first kappa shape index (κ1) is 19.9. The molecule has 3 rings (SSSR count). The molecule has 1 N–H and O–H groups in total. The monoisotopic (exact) mass is 376 g/mol. The zero-order chi connectivity index (χ0) is 19.9. The van der Waals surface area contributed by atoms with Gasteiger partial charge in [0.05, 0.1) is 0 Å². The van der Waals surface area contributed by atoms with E-state index in [1.54, 1.807) is 0 Å². The molecule has 0 radical (unpaired) electrons. The molecule has 1 fully saturated rings. The molecule has 0 aromatic heterocycles. The van der Waals surface area contributed by atoms with Crippen LogP contribution in [0.25, 0.3) is 0 Å². The average Bonchev–Trinajstić information content (AvgIpc) is 3.56. The molecule has 4 heteroatoms. The van der Waals surface area contributed by atoms with Crippen LogP contribution in [0.1, 0.15) is 42.9 Å². The molecule has 4 nitrogen and oxygen atoms in total. The summed E-state index contributed by atoms with van der Waals surface area (Å²) in [7, 11) is 0. The van der Waals surface area contributed by atoms with Gasteiger partial charge in [-0.25, -0.2) is 0 Å². The van der Waals surface area contributed by atoms with Gasteiger partial charge in [0.25, 0.3) is 0 Å². The fourth-order valence-corrected chi connectivity index (χ4v) is 3.23. The van der Waals surface area contributed by atoms with Crippen molar-refractivity contribution in [3.05, 3.63) is 77.9 Å². The summed E-state index contributed by atoms with van der Waals surface area (Å²) in [5.41, 5.74) is 4.34. The van der Waals surface area contributed by atoms with Gasteiger partial charge in [-0.2, -0.15) is 0 Å². The Balaban J connectivity index is 1.55. The van der Waals surface area contributed by atoms with Crippen molar-refractivity contribution < 1.29 is 9.59 Å². The van der Waals surface area contributed by atoms with Crippen LogP contribution in [-0.2, 0) is 29.0 Å². The van der Waals surface area contributed by atoms with E-state index in [-0.39, 0.29) is 11.8 Å². The second-order valence-electron chi connectivity index (χ2n) is 7.31. The summed E-state index contributed by atoms with van der Waals surface area (Å²) in [4.78, 5) is 26.2. The number of hydrogen-bond acceptors (Lipinski definition) is 2. The van der Waals surface area contributed by atoms with E-state index in [0.29, 0.717) is 25.4 Å². The lowest BCUT2D eigenvalue weighted by molar-refractivity contribution is -0.132. The second kappa shape index (κ2) is 9.36. The van der Waals surface area contributed by atoms with Crippen molar-refractivity contribution in [2.75, 3.05) is 5.32 Å². The quantitative estimate of drug-likeness (QED) is 0.655. The minimum absolute atomic E-state index is 0.214. The molecule has 2 aromatic carbocycles. The zero-order valence-electron chi connectivity index (χ0n) is 16.5. The maximum Gasteiger partial charge on any atom is 0.247 e. The summed E-state index contributed by atoms with van der Waals surface area (Å²) < 4.78 is 0. The molecular weight excluding hydrogens is 348 g/mol. The van der Waals surface area contributed by atoms with Gasteiger partial charge < -0.3 is 10.2 Å². The largest absolute Gasteiger partial charge is 0.335 e. The summed E-state index contributed by atoms with van der Waals surface area (Å²) in [6.45, 7) is 6.29. The van der Waals surface area contributed by atoms with Crippen molar-refractivity contribution >= 4 is 17.5 Å². The van der Waals surface area contributed by atoms with Gasteiger partial charge >= 0.3 is 0 Å². The predicted molar refractivity (Wildman–Crippen MR) is 113 cm³/mol. The maximum atomic E-state index is 12.8. The smallest absolute Gasteiger partial charge is 0.247 e. The highest BCUT2D eigenvalue weighted by atomic mass is 16.2. The summed E-state index contributed by atoms with van der Waals surface area (Å²) in [6, 6.07) is 16.6. The van der Waals surface area contributed by atoms with Gasteiger partial charge in [-0.05, 0) is 60.6 Å². The lowest BCUT2D eigenvalue weighted by Gasteiger charge is -2.23. The molecule has 2 aromatic rings. The molecule has 0 bridgehead atoms. The van der Waals surface area contributed by atoms with Crippen LogP contribution in [0.5, 0.6) is 0 Å². The van der Waals surface area contributed by atoms with E-state index in [9.17, 15) is 9.59 Å². The minimum atomic E-state index is -0.227. The molecular formula is C24H28N2O2. The number of benzene rings is 2. The minimum Gasteiger partial charge on any atom is -0.335 e. The van der Waals surface area contributed by atoms with Gasteiger partial charge in [-0.15, -0.1) is 0 Å². The number of anilines is 1. The molecule has 1 saturated carbocycles. The Morgan fingerprint density at radius 3 is 2.21 bits per heavy atom. The van der Waals surface area contributed by atoms with Crippen LogP contribution in [0.4, 0.5) is 5.69 Å². The third-order valence-electron chi connectivity index (χ3n) is 5.13. The molecule has 0 spiro atoms. The van der Waals surface area contributed by atoms with Crippen LogP contribution in [-0.4, -0.2) is 22.8 Å². The standard InChI is InChI=1S/C24H28N2O2/c1-3-18-5-7-20(8-6-18)17-26(22-14-15-22)24(28)16-11-19-9-12-21(13-10-19)25-23(27)4-2/h4-10,12-13,22H,2-3,11,14-17H2,1H3,(H,25,27). The van der Waals surface area contributed by atoms with Gasteiger partial charge in [0.15, 0.2) is 0 Å². The van der Waals surface area contributed by atoms with Gasteiger partial charge in [0.2, 0.25) is 11.8 Å². The van der Waals surface area contributed by atoms with E-state index in [2.05, 4.69) is 43.1 Å². The van der Waals surface area contributed by atoms with Crippen molar-refractivity contribution in [2.24, 2.45) is 0 Å². The highest BCUT2D eigenvalue weighted by Gasteiger charge is 2.32. The first-order chi connectivity index (χ1) is 13.6. The third-order valence-corrected chi connectivity index (χ3v) is 5.13. The normalized spacial score (nSPS) is 13.0. The van der Waals surface area contributed by atoms with Crippen molar-refractivity contribution in [2.45, 2.75) is 51.6 Å². The average molecular weight is 377 g/mol. The summed E-state index contributed by atoms with van der Waals surface area (Å²) in [6.07, 6.45) is 5.69. The topological polar surface area (TPSA) is 49.4 Å². The first-order valence-corrected chi connectivity index (χ1v) is 9.98. The summed E-state index contributed by atoms with van der Waals surface area (Å²) in [5, 5.41) is 2.73. The van der Waals surface area contributed by atoms with Gasteiger partial charge in [-0.1, -0.05) is 49.9 Å². The van der Waals surface area contributed by atoms with Crippen LogP contribution in [0.2, 0.25) is 0 Å². The first-order valence-electron chi connectivity index (χ1n) is 9.98. The number of aryl methyl sites for hydroxylation is 2. The number of carbonyl (C=O) groups excluding carboxylic acids is 2. The van der Waals surface area contributed by atoms with Crippen LogP contribution < -0.4 is 5.32 Å². The zero-order valence-corrected chi connectivity index (χ0v) is 16.5. The Morgan fingerprint density at radius 2 is 1.64 bits per heavy atom. The van der Waals surface area contributed by atoms with Crippen LogP contribution in [0.15, 0.2) is 61.2 Å². The Morgan fingerprint density at radius 1 is 1.04 bits per heavy atom. The molecule has 0 atom stereocenters. The number of hydrogen-bond donors (Lipinski definition) is 1. The fraction of sp³-hybridized carbons (Fsp3) is 0.333. The van der Waals surface area contributed by atoms with Crippen LogP contribution in [0.3, 0.4) is 0 Å². The van der Waals surface area contributed by atoms with E-state index in [1.165, 1.54) is 17.2 Å². The highest BCUT2D eigenvalue weighted by Crippen LogP contribution is 2.29. The van der Waals surface area contributed by atoms with E-state index in [4.69, 9.17) is 0 Å². The predicted octanol–water partition coefficient (Wildman–Crippen LogP) is 4.50. The maximum absolute atomic E-state index is 12.8. The number of rotatable bonds is 9. The lowest BCUT2D eigenvalue weighted by Crippen LogP contribution is -2.32. The number of nitrogens with zero attached hydrogens (tertiary/aromatic N) is 1. The fourth-order valence-electron chi connectivity index (χ4n) is 3.23. The van der Waals surface area contributed by atoms with Crippen molar-refractivity contribution in [1.29, 1.82) is 0 Å². The van der Waals surface area contributed by atoms with E-state index < -0.39 is 0 Å². The molecule has 28 heavy (non-hydrogen) atoms. The molecule has 146 valence electrons.